The van der Waals surface area contributed by atoms with Crippen molar-refractivity contribution >= 4 is 23.2 Å². The molecule has 0 heterocycles. The number of benzene rings is 1. The molecule has 1 amide bonds. The van der Waals surface area contributed by atoms with E-state index in [1.807, 2.05) is 12.1 Å². The number of amides is 1. The molecule has 0 saturated heterocycles. The number of rotatable bonds is 7. The van der Waals surface area contributed by atoms with Crippen LogP contribution in [0.15, 0.2) is 24.3 Å². The fraction of sp³-hybridized carbons (Fsp3) is 0.417. The van der Waals surface area contributed by atoms with E-state index in [2.05, 4.69) is 10.6 Å². The van der Waals surface area contributed by atoms with Gasteiger partial charge in [0.05, 0.1) is 17.3 Å². The van der Waals surface area contributed by atoms with Gasteiger partial charge in [-0.1, -0.05) is 23.7 Å². The standard InChI is InChI=1S/C12H17ClN2O2/c1-17-8-4-7-14-9-12(16)15-11-6-3-2-5-10(11)13/h2-3,5-6,14H,4,7-9H2,1H3,(H,15,16). The molecule has 0 aliphatic rings. The minimum absolute atomic E-state index is 0.101. The lowest BCUT2D eigenvalue weighted by Gasteiger charge is -2.07. The number of halogens is 1. The largest absolute Gasteiger partial charge is 0.385 e. The third kappa shape index (κ3) is 5.68. The van der Waals surface area contributed by atoms with E-state index in [1.54, 1.807) is 19.2 Å². The van der Waals surface area contributed by atoms with Gasteiger partial charge in [-0.15, -0.1) is 0 Å². The third-order valence-corrected chi connectivity index (χ3v) is 2.47. The van der Waals surface area contributed by atoms with Crippen molar-refractivity contribution in [3.63, 3.8) is 0 Å². The molecule has 17 heavy (non-hydrogen) atoms. The monoisotopic (exact) mass is 256 g/mol. The maximum atomic E-state index is 11.5. The van der Waals surface area contributed by atoms with Crippen LogP contribution in [0.5, 0.6) is 0 Å². The van der Waals surface area contributed by atoms with Crippen LogP contribution in [0.3, 0.4) is 0 Å². The van der Waals surface area contributed by atoms with Crippen LogP contribution in [0.4, 0.5) is 5.69 Å². The Morgan fingerprint density at radius 1 is 1.41 bits per heavy atom. The molecule has 1 aromatic carbocycles. The van der Waals surface area contributed by atoms with Gasteiger partial charge in [0.2, 0.25) is 5.91 Å². The second-order valence-corrected chi connectivity index (χ2v) is 3.96. The van der Waals surface area contributed by atoms with E-state index < -0.39 is 0 Å². The number of ether oxygens (including phenoxy) is 1. The van der Waals surface area contributed by atoms with Crippen LogP contribution in [-0.4, -0.2) is 32.7 Å². The first-order valence-electron chi connectivity index (χ1n) is 5.48. The molecule has 1 aromatic rings. The normalized spacial score (nSPS) is 10.2. The lowest BCUT2D eigenvalue weighted by Crippen LogP contribution is -2.29. The van der Waals surface area contributed by atoms with Crippen LogP contribution in [0.1, 0.15) is 6.42 Å². The maximum absolute atomic E-state index is 11.5. The van der Waals surface area contributed by atoms with Crippen molar-refractivity contribution in [2.24, 2.45) is 0 Å². The molecule has 4 nitrogen and oxygen atoms in total. The number of carbonyl (C=O) groups excluding carboxylic acids is 1. The van der Waals surface area contributed by atoms with E-state index in [0.29, 0.717) is 17.3 Å². The predicted molar refractivity (Wildman–Crippen MR) is 69.4 cm³/mol. The van der Waals surface area contributed by atoms with Gasteiger partial charge in [0.15, 0.2) is 0 Å². The van der Waals surface area contributed by atoms with Crippen LogP contribution in [0, 0.1) is 0 Å². The number of hydrogen-bond donors (Lipinski definition) is 2. The minimum atomic E-state index is -0.101. The number of methoxy groups -OCH3 is 1. The van der Waals surface area contributed by atoms with Crippen LogP contribution in [0.2, 0.25) is 5.02 Å². The molecule has 0 aliphatic carbocycles. The van der Waals surface area contributed by atoms with Crippen molar-refractivity contribution in [3.8, 4) is 0 Å². The highest BCUT2D eigenvalue weighted by atomic mass is 35.5. The Balaban J connectivity index is 2.23. The Hall–Kier alpha value is -1.10. The molecule has 0 aliphatic heterocycles. The molecule has 0 unspecified atom stereocenters. The molecular formula is C12H17ClN2O2. The summed E-state index contributed by atoms with van der Waals surface area (Å²) in [7, 11) is 1.66. The Morgan fingerprint density at radius 2 is 2.18 bits per heavy atom. The van der Waals surface area contributed by atoms with Crippen LogP contribution in [0.25, 0.3) is 0 Å². The van der Waals surface area contributed by atoms with Crippen LogP contribution < -0.4 is 10.6 Å². The van der Waals surface area contributed by atoms with Gasteiger partial charge >= 0.3 is 0 Å². The molecule has 94 valence electrons. The predicted octanol–water partition coefficient (Wildman–Crippen LogP) is 1.90. The first-order chi connectivity index (χ1) is 8.24. The summed E-state index contributed by atoms with van der Waals surface area (Å²) < 4.78 is 4.90. The zero-order valence-corrected chi connectivity index (χ0v) is 10.6. The summed E-state index contributed by atoms with van der Waals surface area (Å²) in [4.78, 5) is 11.5. The molecule has 2 N–H and O–H groups in total. The topological polar surface area (TPSA) is 50.4 Å². The smallest absolute Gasteiger partial charge is 0.238 e. The summed E-state index contributed by atoms with van der Waals surface area (Å²) in [6, 6.07) is 7.16. The van der Waals surface area contributed by atoms with Crippen molar-refractivity contribution < 1.29 is 9.53 Å². The van der Waals surface area contributed by atoms with Gasteiger partial charge in [-0.2, -0.15) is 0 Å². The highest BCUT2D eigenvalue weighted by Crippen LogP contribution is 2.19. The summed E-state index contributed by atoms with van der Waals surface area (Å²) in [6.07, 6.45) is 0.885. The zero-order chi connectivity index (χ0) is 12.5. The van der Waals surface area contributed by atoms with E-state index in [-0.39, 0.29) is 12.5 Å². The summed E-state index contributed by atoms with van der Waals surface area (Å²) in [5, 5.41) is 6.30. The Labute approximate surface area is 106 Å². The van der Waals surface area contributed by atoms with Gasteiger partial charge in [-0.3, -0.25) is 4.79 Å². The second kappa shape index (κ2) is 8.06. The molecule has 0 radical (unpaired) electrons. The quantitative estimate of drug-likeness (QED) is 0.733. The molecule has 0 fully saturated rings. The molecular weight excluding hydrogens is 240 g/mol. The molecule has 0 bridgehead atoms. The number of nitrogens with one attached hydrogen (secondary N) is 2. The van der Waals surface area contributed by atoms with Crippen molar-refractivity contribution in [3.05, 3.63) is 29.3 Å². The van der Waals surface area contributed by atoms with Gasteiger partial charge < -0.3 is 15.4 Å². The molecule has 0 aromatic heterocycles. The van der Waals surface area contributed by atoms with Crippen molar-refractivity contribution in [1.82, 2.24) is 5.32 Å². The fourth-order valence-corrected chi connectivity index (χ4v) is 1.48. The number of hydrogen-bond acceptors (Lipinski definition) is 3. The Morgan fingerprint density at radius 3 is 2.88 bits per heavy atom. The van der Waals surface area contributed by atoms with E-state index in [1.165, 1.54) is 0 Å². The Kier molecular flexibility index (Phi) is 6.62. The van der Waals surface area contributed by atoms with Gasteiger partial charge in [-0.25, -0.2) is 0 Å². The highest BCUT2D eigenvalue weighted by Gasteiger charge is 2.03. The number of anilines is 1. The van der Waals surface area contributed by atoms with Crippen LogP contribution >= 0.6 is 11.6 Å². The molecule has 0 atom stereocenters. The lowest BCUT2D eigenvalue weighted by atomic mass is 10.3. The molecule has 0 saturated carbocycles. The molecule has 5 heteroatoms. The average molecular weight is 257 g/mol. The summed E-state index contributed by atoms with van der Waals surface area (Å²) in [5.74, 6) is -0.101. The third-order valence-electron chi connectivity index (χ3n) is 2.14. The van der Waals surface area contributed by atoms with Crippen molar-refractivity contribution in [2.45, 2.75) is 6.42 Å². The van der Waals surface area contributed by atoms with E-state index in [9.17, 15) is 4.79 Å². The van der Waals surface area contributed by atoms with E-state index in [4.69, 9.17) is 16.3 Å². The fourth-order valence-electron chi connectivity index (χ4n) is 1.30. The first kappa shape index (κ1) is 14.0. The maximum Gasteiger partial charge on any atom is 0.238 e. The SMILES string of the molecule is COCCCNCC(=O)Nc1ccccc1Cl. The Bertz CT molecular complexity index is 358. The van der Waals surface area contributed by atoms with E-state index in [0.717, 1.165) is 13.0 Å². The van der Waals surface area contributed by atoms with Crippen molar-refractivity contribution in [2.75, 3.05) is 32.1 Å². The summed E-state index contributed by atoms with van der Waals surface area (Å²) in [5.41, 5.74) is 0.637. The highest BCUT2D eigenvalue weighted by molar-refractivity contribution is 6.33. The van der Waals surface area contributed by atoms with Gasteiger partial charge in [0.25, 0.3) is 0 Å². The average Bonchev–Trinajstić information content (AvgIpc) is 2.32. The van der Waals surface area contributed by atoms with Crippen LogP contribution in [-0.2, 0) is 9.53 Å². The summed E-state index contributed by atoms with van der Waals surface area (Å²) >= 11 is 5.92. The van der Waals surface area contributed by atoms with Crippen molar-refractivity contribution in [1.29, 1.82) is 0 Å². The number of carbonyl (C=O) groups is 1. The number of para-hydroxylation sites is 1. The zero-order valence-electron chi connectivity index (χ0n) is 9.83. The van der Waals surface area contributed by atoms with Gasteiger partial charge in [-0.05, 0) is 25.1 Å². The lowest BCUT2D eigenvalue weighted by molar-refractivity contribution is -0.115. The summed E-state index contributed by atoms with van der Waals surface area (Å²) in [6.45, 7) is 1.72. The minimum Gasteiger partial charge on any atom is -0.385 e. The van der Waals surface area contributed by atoms with Gasteiger partial charge in [0.1, 0.15) is 0 Å². The van der Waals surface area contributed by atoms with Gasteiger partial charge in [0, 0.05) is 13.7 Å². The first-order valence-corrected chi connectivity index (χ1v) is 5.86. The molecule has 1 rings (SSSR count). The van der Waals surface area contributed by atoms with E-state index >= 15 is 0 Å². The molecule has 0 spiro atoms. The second-order valence-electron chi connectivity index (χ2n) is 3.55.